The van der Waals surface area contributed by atoms with Crippen LogP contribution in [-0.2, 0) is 0 Å². The van der Waals surface area contributed by atoms with Gasteiger partial charge in [0.15, 0.2) is 11.5 Å². The van der Waals surface area contributed by atoms with Crippen molar-refractivity contribution in [2.24, 2.45) is 11.8 Å². The molecule has 0 heterocycles. The van der Waals surface area contributed by atoms with Crippen molar-refractivity contribution >= 4 is 0 Å². The number of halogens is 2. The first-order valence-electron chi connectivity index (χ1n) is 8.35. The molecule has 0 radical (unpaired) electrons. The van der Waals surface area contributed by atoms with Gasteiger partial charge >= 0.3 is 0 Å². The lowest BCUT2D eigenvalue weighted by Gasteiger charge is -2.26. The zero-order chi connectivity index (χ0) is 16.5. The van der Waals surface area contributed by atoms with Crippen LogP contribution < -0.4 is 9.47 Å². The first kappa shape index (κ1) is 18.7. The van der Waals surface area contributed by atoms with Crippen molar-refractivity contribution in [3.63, 3.8) is 0 Å². The zero-order valence-corrected chi connectivity index (χ0v) is 14.1. The Morgan fingerprint density at radius 2 is 1.45 bits per heavy atom. The predicted octanol–water partition coefficient (Wildman–Crippen LogP) is 5.59. The maximum atomic E-state index is 13.8. The molecule has 0 spiro atoms. The summed E-state index contributed by atoms with van der Waals surface area (Å²) in [5.41, 5.74) is 0. The SMILES string of the molecule is CC.CCOc1ccc(OCC2CCC(C)CC2)c(F)c1F. The van der Waals surface area contributed by atoms with Gasteiger partial charge < -0.3 is 9.47 Å². The van der Waals surface area contributed by atoms with Gasteiger partial charge in [0.25, 0.3) is 0 Å². The summed E-state index contributed by atoms with van der Waals surface area (Å²) < 4.78 is 38.0. The van der Waals surface area contributed by atoms with Crippen LogP contribution >= 0.6 is 0 Å². The molecule has 0 atom stereocenters. The van der Waals surface area contributed by atoms with Crippen molar-refractivity contribution in [2.75, 3.05) is 13.2 Å². The van der Waals surface area contributed by atoms with Gasteiger partial charge in [-0.1, -0.05) is 33.6 Å². The highest BCUT2D eigenvalue weighted by Crippen LogP contribution is 2.31. The average molecular weight is 314 g/mol. The highest BCUT2D eigenvalue weighted by Gasteiger charge is 2.20. The largest absolute Gasteiger partial charge is 0.491 e. The summed E-state index contributed by atoms with van der Waals surface area (Å²) in [5.74, 6) is -0.804. The molecule has 0 aromatic heterocycles. The van der Waals surface area contributed by atoms with E-state index in [-0.39, 0.29) is 11.5 Å². The van der Waals surface area contributed by atoms with Crippen LogP contribution in [-0.4, -0.2) is 13.2 Å². The van der Waals surface area contributed by atoms with Gasteiger partial charge in [-0.15, -0.1) is 0 Å². The standard InChI is InChI=1S/C16H22F2O2.C2H6/c1-3-19-13-8-9-14(16(18)15(13)17)20-10-12-6-4-11(2)5-7-12;1-2/h8-9,11-12H,3-7,10H2,1-2H3;1-2H3. The third-order valence-electron chi connectivity index (χ3n) is 3.92. The molecule has 2 nitrogen and oxygen atoms in total. The predicted molar refractivity (Wildman–Crippen MR) is 85.5 cm³/mol. The number of ether oxygens (including phenoxy) is 2. The Labute approximate surface area is 132 Å². The van der Waals surface area contributed by atoms with Crippen LogP contribution in [0.25, 0.3) is 0 Å². The maximum Gasteiger partial charge on any atom is 0.204 e. The summed E-state index contributed by atoms with van der Waals surface area (Å²) in [6.45, 7) is 8.73. The van der Waals surface area contributed by atoms with Crippen LogP contribution in [0.4, 0.5) is 8.78 Å². The van der Waals surface area contributed by atoms with E-state index in [1.807, 2.05) is 13.8 Å². The summed E-state index contributed by atoms with van der Waals surface area (Å²) in [6, 6.07) is 2.86. The molecule has 0 unspecified atom stereocenters. The van der Waals surface area contributed by atoms with E-state index in [0.29, 0.717) is 19.1 Å². The average Bonchev–Trinajstić information content (AvgIpc) is 2.55. The van der Waals surface area contributed by atoms with Gasteiger partial charge in [0.05, 0.1) is 13.2 Å². The molecule has 1 aromatic rings. The van der Waals surface area contributed by atoms with Gasteiger partial charge in [-0.05, 0) is 43.7 Å². The van der Waals surface area contributed by atoms with Crippen LogP contribution in [0.2, 0.25) is 0 Å². The molecule has 0 amide bonds. The lowest BCUT2D eigenvalue weighted by atomic mass is 9.83. The van der Waals surface area contributed by atoms with Gasteiger partial charge in [-0.2, -0.15) is 8.78 Å². The summed E-state index contributed by atoms with van der Waals surface area (Å²) in [4.78, 5) is 0. The Morgan fingerprint density at radius 3 is 1.95 bits per heavy atom. The highest BCUT2D eigenvalue weighted by atomic mass is 19.2. The fraction of sp³-hybridized carbons (Fsp3) is 0.667. The fourth-order valence-corrected chi connectivity index (χ4v) is 2.60. The molecule has 2 rings (SSSR count). The fourth-order valence-electron chi connectivity index (χ4n) is 2.60. The molecule has 0 saturated heterocycles. The highest BCUT2D eigenvalue weighted by molar-refractivity contribution is 5.35. The Bertz CT molecular complexity index is 441. The number of hydrogen-bond donors (Lipinski definition) is 0. The Hall–Kier alpha value is -1.32. The lowest BCUT2D eigenvalue weighted by molar-refractivity contribution is 0.181. The molecule has 126 valence electrons. The molecule has 1 aromatic carbocycles. The smallest absolute Gasteiger partial charge is 0.204 e. The Kier molecular flexibility index (Phi) is 8.21. The monoisotopic (exact) mass is 314 g/mol. The van der Waals surface area contributed by atoms with E-state index in [9.17, 15) is 8.78 Å². The van der Waals surface area contributed by atoms with Crippen LogP contribution in [0.3, 0.4) is 0 Å². The van der Waals surface area contributed by atoms with Gasteiger partial charge in [0.2, 0.25) is 11.6 Å². The maximum absolute atomic E-state index is 13.8. The number of rotatable bonds is 5. The van der Waals surface area contributed by atoms with Crippen LogP contribution in [0, 0.1) is 23.5 Å². The Balaban J connectivity index is 0.00000116. The summed E-state index contributed by atoms with van der Waals surface area (Å²) >= 11 is 0. The van der Waals surface area contributed by atoms with E-state index in [2.05, 4.69) is 6.92 Å². The third-order valence-corrected chi connectivity index (χ3v) is 3.92. The van der Waals surface area contributed by atoms with Gasteiger partial charge in [0, 0.05) is 0 Å². The van der Waals surface area contributed by atoms with Crippen molar-refractivity contribution < 1.29 is 18.3 Å². The second kappa shape index (κ2) is 9.65. The molecule has 22 heavy (non-hydrogen) atoms. The zero-order valence-electron chi connectivity index (χ0n) is 14.1. The van der Waals surface area contributed by atoms with E-state index in [1.54, 1.807) is 6.92 Å². The quantitative estimate of drug-likeness (QED) is 0.705. The topological polar surface area (TPSA) is 18.5 Å². The molecule has 0 bridgehead atoms. The molecule has 1 aliphatic carbocycles. The summed E-state index contributed by atoms with van der Waals surface area (Å²) in [7, 11) is 0. The minimum absolute atomic E-state index is 0.0235. The number of hydrogen-bond acceptors (Lipinski definition) is 2. The van der Waals surface area contributed by atoms with E-state index in [0.717, 1.165) is 18.8 Å². The molecule has 1 aliphatic rings. The second-order valence-corrected chi connectivity index (χ2v) is 5.56. The lowest BCUT2D eigenvalue weighted by Crippen LogP contribution is -2.19. The van der Waals surface area contributed by atoms with E-state index < -0.39 is 11.6 Å². The molecule has 1 saturated carbocycles. The molecular formula is C18H28F2O2. The summed E-state index contributed by atoms with van der Waals surface area (Å²) in [6.07, 6.45) is 4.58. The van der Waals surface area contributed by atoms with Gasteiger partial charge in [-0.3, -0.25) is 0 Å². The summed E-state index contributed by atoms with van der Waals surface area (Å²) in [5, 5.41) is 0. The van der Waals surface area contributed by atoms with Crippen molar-refractivity contribution in [3.05, 3.63) is 23.8 Å². The van der Waals surface area contributed by atoms with E-state index in [4.69, 9.17) is 9.47 Å². The van der Waals surface area contributed by atoms with Crippen molar-refractivity contribution in [2.45, 2.75) is 53.4 Å². The first-order chi connectivity index (χ1) is 10.6. The van der Waals surface area contributed by atoms with Crippen LogP contribution in [0.15, 0.2) is 12.1 Å². The van der Waals surface area contributed by atoms with Crippen molar-refractivity contribution in [3.8, 4) is 11.5 Å². The van der Waals surface area contributed by atoms with Gasteiger partial charge in [-0.25, -0.2) is 0 Å². The molecule has 1 fully saturated rings. The third kappa shape index (κ3) is 5.15. The minimum Gasteiger partial charge on any atom is -0.491 e. The molecule has 0 N–H and O–H groups in total. The minimum atomic E-state index is -0.971. The molecular weight excluding hydrogens is 286 g/mol. The van der Waals surface area contributed by atoms with Gasteiger partial charge in [0.1, 0.15) is 0 Å². The van der Waals surface area contributed by atoms with Crippen LogP contribution in [0.1, 0.15) is 53.4 Å². The first-order valence-corrected chi connectivity index (χ1v) is 8.35. The number of benzene rings is 1. The van der Waals surface area contributed by atoms with Crippen molar-refractivity contribution in [1.29, 1.82) is 0 Å². The second-order valence-electron chi connectivity index (χ2n) is 5.56. The Morgan fingerprint density at radius 1 is 0.955 bits per heavy atom. The van der Waals surface area contributed by atoms with Crippen molar-refractivity contribution in [1.82, 2.24) is 0 Å². The van der Waals surface area contributed by atoms with E-state index in [1.165, 1.54) is 25.0 Å². The van der Waals surface area contributed by atoms with Crippen LogP contribution in [0.5, 0.6) is 11.5 Å². The van der Waals surface area contributed by atoms with E-state index >= 15 is 0 Å². The normalized spacial score (nSPS) is 20.8. The molecule has 4 heteroatoms. The molecule has 0 aliphatic heterocycles.